The Kier molecular flexibility index (Phi) is 4.47. The van der Waals surface area contributed by atoms with Gasteiger partial charge in [-0.2, -0.15) is 0 Å². The van der Waals surface area contributed by atoms with Crippen molar-refractivity contribution in [3.63, 3.8) is 0 Å². The lowest BCUT2D eigenvalue weighted by molar-refractivity contribution is -0.157. The lowest BCUT2D eigenvalue weighted by Gasteiger charge is -2.11. The van der Waals surface area contributed by atoms with Crippen molar-refractivity contribution in [2.24, 2.45) is 0 Å². The van der Waals surface area contributed by atoms with E-state index in [1.165, 1.54) is 0 Å². The summed E-state index contributed by atoms with van der Waals surface area (Å²) in [6, 6.07) is 8.98. The van der Waals surface area contributed by atoms with Crippen LogP contribution in [0.25, 0.3) is 0 Å². The molecule has 0 amide bonds. The molecule has 0 heterocycles. The van der Waals surface area contributed by atoms with Crippen LogP contribution in [0.1, 0.15) is 12.0 Å². The van der Waals surface area contributed by atoms with Gasteiger partial charge in [-0.3, -0.25) is 4.79 Å². The molecule has 0 saturated carbocycles. The Bertz CT molecular complexity index is 360. The van der Waals surface area contributed by atoms with E-state index in [0.29, 0.717) is 0 Å². The van der Waals surface area contributed by atoms with Crippen LogP contribution in [-0.4, -0.2) is 28.3 Å². The molecule has 5 heteroatoms. The van der Waals surface area contributed by atoms with Crippen LogP contribution in [0.4, 0.5) is 0 Å². The number of ether oxygens (including phenoxy) is 1. The van der Waals surface area contributed by atoms with Gasteiger partial charge in [0.15, 0.2) is 6.10 Å². The molecule has 1 aromatic carbocycles. The Hall–Kier alpha value is -1.88. The molecule has 0 radical (unpaired) electrons. The molecule has 1 rings (SSSR count). The van der Waals surface area contributed by atoms with Crippen molar-refractivity contribution in [1.29, 1.82) is 0 Å². The SMILES string of the molecule is O=C(O)C[C@@H](OCc1ccccc1)C(=O)O. The lowest BCUT2D eigenvalue weighted by Crippen LogP contribution is -2.26. The minimum absolute atomic E-state index is 0.0884. The first-order valence-electron chi connectivity index (χ1n) is 4.69. The number of carbonyl (C=O) groups is 2. The molecule has 0 aromatic heterocycles. The second-order valence-corrected chi connectivity index (χ2v) is 3.22. The van der Waals surface area contributed by atoms with Crippen LogP contribution in [0, 0.1) is 0 Å². The van der Waals surface area contributed by atoms with Crippen molar-refractivity contribution < 1.29 is 24.5 Å². The van der Waals surface area contributed by atoms with Crippen LogP contribution in [0.2, 0.25) is 0 Å². The minimum atomic E-state index is -1.31. The Balaban J connectivity index is 2.50. The molecule has 0 saturated heterocycles. The van der Waals surface area contributed by atoms with E-state index in [2.05, 4.69) is 0 Å². The molecule has 86 valence electrons. The molecule has 5 nitrogen and oxygen atoms in total. The van der Waals surface area contributed by atoms with E-state index in [9.17, 15) is 9.59 Å². The molecule has 0 aliphatic rings. The second-order valence-electron chi connectivity index (χ2n) is 3.22. The van der Waals surface area contributed by atoms with E-state index in [0.717, 1.165) is 5.56 Å². The van der Waals surface area contributed by atoms with Gasteiger partial charge < -0.3 is 14.9 Å². The lowest BCUT2D eigenvalue weighted by atomic mass is 10.2. The van der Waals surface area contributed by atoms with Crippen molar-refractivity contribution in [2.75, 3.05) is 0 Å². The summed E-state index contributed by atoms with van der Waals surface area (Å²) in [5, 5.41) is 17.2. The molecule has 0 aliphatic carbocycles. The number of carboxylic acid groups (broad SMARTS) is 2. The number of aliphatic carboxylic acids is 2. The fourth-order valence-corrected chi connectivity index (χ4v) is 1.15. The summed E-state index contributed by atoms with van der Waals surface area (Å²) in [6.07, 6.45) is -1.85. The predicted octanol–water partition coefficient (Wildman–Crippen LogP) is 1.13. The van der Waals surface area contributed by atoms with Crippen molar-refractivity contribution in [1.82, 2.24) is 0 Å². The monoisotopic (exact) mass is 224 g/mol. The third-order valence-corrected chi connectivity index (χ3v) is 1.93. The molecule has 16 heavy (non-hydrogen) atoms. The molecule has 1 aromatic rings. The Labute approximate surface area is 92.3 Å². The molecule has 0 fully saturated rings. The van der Waals surface area contributed by atoms with Gasteiger partial charge in [0.05, 0.1) is 13.0 Å². The molecule has 0 aliphatic heterocycles. The summed E-state index contributed by atoms with van der Waals surface area (Å²) in [7, 11) is 0. The topological polar surface area (TPSA) is 83.8 Å². The summed E-state index contributed by atoms with van der Waals surface area (Å²) < 4.78 is 5.02. The van der Waals surface area contributed by atoms with E-state index in [4.69, 9.17) is 14.9 Å². The summed E-state index contributed by atoms with van der Waals surface area (Å²) in [5.74, 6) is -2.46. The number of benzene rings is 1. The molecular weight excluding hydrogens is 212 g/mol. The summed E-state index contributed by atoms with van der Waals surface area (Å²) >= 11 is 0. The zero-order chi connectivity index (χ0) is 12.0. The van der Waals surface area contributed by atoms with Crippen LogP contribution >= 0.6 is 0 Å². The zero-order valence-electron chi connectivity index (χ0n) is 8.50. The van der Waals surface area contributed by atoms with Crippen LogP contribution in [-0.2, 0) is 20.9 Å². The standard InChI is InChI=1S/C11H12O5/c12-10(13)6-9(11(14)15)16-7-8-4-2-1-3-5-8/h1-5,9H,6-7H2,(H,12,13)(H,14,15)/t9-/m1/s1. The first kappa shape index (κ1) is 12.2. The highest BCUT2D eigenvalue weighted by atomic mass is 16.5. The van der Waals surface area contributed by atoms with Gasteiger partial charge in [-0.05, 0) is 5.56 Å². The summed E-state index contributed by atoms with van der Waals surface area (Å²) in [4.78, 5) is 21.1. The Morgan fingerprint density at radius 2 is 1.81 bits per heavy atom. The van der Waals surface area contributed by atoms with Crippen molar-refractivity contribution in [2.45, 2.75) is 19.1 Å². The van der Waals surface area contributed by atoms with Gasteiger partial charge in [-0.15, -0.1) is 0 Å². The molecule has 2 N–H and O–H groups in total. The highest BCUT2D eigenvalue weighted by Crippen LogP contribution is 2.06. The first-order chi connectivity index (χ1) is 7.59. The number of hydrogen-bond acceptors (Lipinski definition) is 3. The van der Waals surface area contributed by atoms with Gasteiger partial charge in [0.1, 0.15) is 0 Å². The maximum Gasteiger partial charge on any atom is 0.333 e. The number of hydrogen-bond donors (Lipinski definition) is 2. The smallest absolute Gasteiger partial charge is 0.333 e. The van der Waals surface area contributed by atoms with E-state index in [1.54, 1.807) is 24.3 Å². The van der Waals surface area contributed by atoms with E-state index in [-0.39, 0.29) is 6.61 Å². The summed E-state index contributed by atoms with van der Waals surface area (Å²) in [6.45, 7) is 0.0884. The van der Waals surface area contributed by atoms with Gasteiger partial charge >= 0.3 is 11.9 Å². The summed E-state index contributed by atoms with van der Waals surface area (Å²) in [5.41, 5.74) is 0.805. The number of rotatable bonds is 6. The highest BCUT2D eigenvalue weighted by molar-refractivity contribution is 5.79. The third-order valence-electron chi connectivity index (χ3n) is 1.93. The van der Waals surface area contributed by atoms with Crippen molar-refractivity contribution in [3.05, 3.63) is 35.9 Å². The van der Waals surface area contributed by atoms with Gasteiger partial charge in [-0.25, -0.2) is 4.79 Å². The van der Waals surface area contributed by atoms with Crippen molar-refractivity contribution in [3.8, 4) is 0 Å². The van der Waals surface area contributed by atoms with E-state index in [1.807, 2.05) is 6.07 Å². The maximum atomic E-state index is 10.7. The minimum Gasteiger partial charge on any atom is -0.481 e. The van der Waals surface area contributed by atoms with Crippen LogP contribution in [0.3, 0.4) is 0 Å². The zero-order valence-corrected chi connectivity index (χ0v) is 8.50. The molecule has 0 bridgehead atoms. The average molecular weight is 224 g/mol. The van der Waals surface area contributed by atoms with Crippen molar-refractivity contribution >= 4 is 11.9 Å². The Morgan fingerprint density at radius 3 is 2.31 bits per heavy atom. The van der Waals surface area contributed by atoms with E-state index >= 15 is 0 Å². The number of carboxylic acids is 2. The van der Waals surface area contributed by atoms with Crippen LogP contribution in [0.15, 0.2) is 30.3 Å². The fourth-order valence-electron chi connectivity index (χ4n) is 1.15. The molecule has 0 unspecified atom stereocenters. The van der Waals surface area contributed by atoms with Crippen LogP contribution in [0.5, 0.6) is 0 Å². The third kappa shape index (κ3) is 4.10. The largest absolute Gasteiger partial charge is 0.481 e. The first-order valence-corrected chi connectivity index (χ1v) is 4.69. The molecule has 1 atom stereocenters. The van der Waals surface area contributed by atoms with Crippen LogP contribution < -0.4 is 0 Å². The maximum absolute atomic E-state index is 10.7. The van der Waals surface area contributed by atoms with Gasteiger partial charge in [0, 0.05) is 0 Å². The quantitative estimate of drug-likeness (QED) is 0.756. The second kappa shape index (κ2) is 5.87. The van der Waals surface area contributed by atoms with Gasteiger partial charge in [0.25, 0.3) is 0 Å². The Morgan fingerprint density at radius 1 is 1.19 bits per heavy atom. The average Bonchev–Trinajstić information content (AvgIpc) is 2.25. The molecule has 0 spiro atoms. The fraction of sp³-hybridized carbons (Fsp3) is 0.273. The van der Waals surface area contributed by atoms with E-state index < -0.39 is 24.5 Å². The van der Waals surface area contributed by atoms with Gasteiger partial charge in [-0.1, -0.05) is 30.3 Å². The normalized spacial score (nSPS) is 12.0. The molecular formula is C11H12O5. The predicted molar refractivity (Wildman–Crippen MR) is 54.9 cm³/mol. The van der Waals surface area contributed by atoms with Gasteiger partial charge in [0.2, 0.25) is 0 Å². The highest BCUT2D eigenvalue weighted by Gasteiger charge is 2.21.